The first-order valence-electron chi connectivity index (χ1n) is 6.94. The molecule has 0 unspecified atom stereocenters. The third-order valence-corrected chi connectivity index (χ3v) is 3.30. The van der Waals surface area contributed by atoms with E-state index < -0.39 is 0 Å². The summed E-state index contributed by atoms with van der Waals surface area (Å²) in [5.41, 5.74) is 3.32. The molecule has 0 aliphatic rings. The molecule has 0 bridgehead atoms. The minimum atomic E-state index is -0.330. The van der Waals surface area contributed by atoms with Crippen LogP contribution in [0.15, 0.2) is 36.4 Å². The quantitative estimate of drug-likeness (QED) is 0.887. The van der Waals surface area contributed by atoms with Crippen molar-refractivity contribution >= 4 is 17.3 Å². The van der Waals surface area contributed by atoms with E-state index in [0.717, 1.165) is 17.8 Å². The van der Waals surface area contributed by atoms with Crippen LogP contribution in [-0.2, 0) is 0 Å². The van der Waals surface area contributed by atoms with Crippen molar-refractivity contribution in [3.63, 3.8) is 0 Å². The topological polar surface area (TPSA) is 41.1 Å². The zero-order valence-corrected chi connectivity index (χ0v) is 12.5. The van der Waals surface area contributed by atoms with E-state index in [9.17, 15) is 9.18 Å². The van der Waals surface area contributed by atoms with Crippen LogP contribution in [0.25, 0.3) is 0 Å². The maximum absolute atomic E-state index is 13.5. The van der Waals surface area contributed by atoms with Crippen LogP contribution in [0.1, 0.15) is 28.4 Å². The second-order valence-electron chi connectivity index (χ2n) is 4.95. The average molecular weight is 286 g/mol. The number of rotatable bonds is 4. The lowest BCUT2D eigenvalue weighted by Gasteiger charge is -2.13. The van der Waals surface area contributed by atoms with Crippen molar-refractivity contribution in [2.45, 2.75) is 20.8 Å². The van der Waals surface area contributed by atoms with Crippen LogP contribution in [0.5, 0.6) is 0 Å². The molecular formula is C17H19FN2O. The van der Waals surface area contributed by atoms with Gasteiger partial charge in [0.05, 0.1) is 5.56 Å². The molecule has 1 amide bonds. The molecule has 0 aliphatic carbocycles. The molecule has 2 aromatic carbocycles. The fraction of sp³-hybridized carbons (Fsp3) is 0.235. The van der Waals surface area contributed by atoms with Gasteiger partial charge in [-0.3, -0.25) is 4.79 Å². The number of carbonyl (C=O) groups excluding carboxylic acids is 1. The van der Waals surface area contributed by atoms with Crippen LogP contribution < -0.4 is 10.6 Å². The molecule has 0 radical (unpaired) electrons. The highest BCUT2D eigenvalue weighted by molar-refractivity contribution is 6.08. The minimum absolute atomic E-state index is 0.250. The Hall–Kier alpha value is -2.36. The van der Waals surface area contributed by atoms with E-state index in [2.05, 4.69) is 10.6 Å². The number of halogens is 1. The first kappa shape index (κ1) is 15.0. The van der Waals surface area contributed by atoms with Gasteiger partial charge in [0.2, 0.25) is 0 Å². The molecule has 2 aromatic rings. The van der Waals surface area contributed by atoms with Gasteiger partial charge in [-0.05, 0) is 50.6 Å². The number of amides is 1. The van der Waals surface area contributed by atoms with Gasteiger partial charge in [-0.2, -0.15) is 0 Å². The fourth-order valence-electron chi connectivity index (χ4n) is 2.13. The molecule has 110 valence electrons. The van der Waals surface area contributed by atoms with Crippen molar-refractivity contribution in [2.75, 3.05) is 17.2 Å². The van der Waals surface area contributed by atoms with E-state index in [1.54, 1.807) is 25.1 Å². The second-order valence-corrected chi connectivity index (χ2v) is 4.95. The van der Waals surface area contributed by atoms with Crippen molar-refractivity contribution < 1.29 is 9.18 Å². The molecule has 2 N–H and O–H groups in total. The van der Waals surface area contributed by atoms with Gasteiger partial charge >= 0.3 is 0 Å². The van der Waals surface area contributed by atoms with Gasteiger partial charge in [-0.15, -0.1) is 0 Å². The molecule has 4 heteroatoms. The molecule has 0 spiro atoms. The summed E-state index contributed by atoms with van der Waals surface area (Å²) < 4.78 is 13.5. The van der Waals surface area contributed by atoms with Gasteiger partial charge in [-0.1, -0.05) is 12.1 Å². The molecule has 0 fully saturated rings. The third-order valence-electron chi connectivity index (χ3n) is 3.30. The largest absolute Gasteiger partial charge is 0.385 e. The Morgan fingerprint density at radius 3 is 2.62 bits per heavy atom. The van der Waals surface area contributed by atoms with Crippen LogP contribution >= 0.6 is 0 Å². The van der Waals surface area contributed by atoms with Crippen LogP contribution in [0.2, 0.25) is 0 Å². The number of hydrogen-bond acceptors (Lipinski definition) is 2. The second kappa shape index (κ2) is 6.39. The maximum atomic E-state index is 13.5. The summed E-state index contributed by atoms with van der Waals surface area (Å²) in [6, 6.07) is 10.2. The molecule has 0 saturated carbocycles. The molecule has 0 aromatic heterocycles. The minimum Gasteiger partial charge on any atom is -0.385 e. The van der Waals surface area contributed by atoms with Crippen molar-refractivity contribution in [3.8, 4) is 0 Å². The highest BCUT2D eigenvalue weighted by Crippen LogP contribution is 2.22. The van der Waals surface area contributed by atoms with Gasteiger partial charge in [0.1, 0.15) is 5.82 Å². The Balaban J connectivity index is 2.30. The predicted molar refractivity (Wildman–Crippen MR) is 84.4 cm³/mol. The summed E-state index contributed by atoms with van der Waals surface area (Å²) >= 11 is 0. The zero-order valence-electron chi connectivity index (χ0n) is 12.5. The Bertz CT molecular complexity index is 668. The maximum Gasteiger partial charge on any atom is 0.257 e. The zero-order chi connectivity index (χ0) is 15.4. The number of benzene rings is 2. The summed E-state index contributed by atoms with van der Waals surface area (Å²) in [4.78, 5) is 12.4. The number of aryl methyl sites for hydroxylation is 1. The number of carbonyl (C=O) groups is 1. The summed E-state index contributed by atoms with van der Waals surface area (Å²) in [7, 11) is 0. The van der Waals surface area contributed by atoms with Crippen LogP contribution in [0.4, 0.5) is 15.8 Å². The van der Waals surface area contributed by atoms with E-state index >= 15 is 0 Å². The van der Waals surface area contributed by atoms with Crippen LogP contribution in [0, 0.1) is 19.7 Å². The summed E-state index contributed by atoms with van der Waals surface area (Å²) in [6.45, 7) is 6.31. The number of anilines is 2. The SMILES string of the molecule is CCNc1cc(C)ccc1C(=O)Nc1cccc(F)c1C. The molecule has 21 heavy (non-hydrogen) atoms. The van der Waals surface area contributed by atoms with E-state index in [4.69, 9.17) is 0 Å². The normalized spacial score (nSPS) is 10.3. The van der Waals surface area contributed by atoms with Gasteiger partial charge in [0, 0.05) is 23.5 Å². The lowest BCUT2D eigenvalue weighted by molar-refractivity contribution is 0.102. The summed E-state index contributed by atoms with van der Waals surface area (Å²) in [5.74, 6) is -0.580. The lowest BCUT2D eigenvalue weighted by Crippen LogP contribution is -2.16. The predicted octanol–water partition coefficient (Wildman–Crippen LogP) is 4.13. The highest BCUT2D eigenvalue weighted by atomic mass is 19.1. The molecule has 0 heterocycles. The van der Waals surface area contributed by atoms with Crippen LogP contribution in [0.3, 0.4) is 0 Å². The van der Waals surface area contributed by atoms with E-state index in [1.807, 2.05) is 26.0 Å². The Kier molecular flexibility index (Phi) is 4.58. The molecule has 0 saturated heterocycles. The lowest BCUT2D eigenvalue weighted by atomic mass is 10.1. The van der Waals surface area contributed by atoms with Gasteiger partial charge in [0.25, 0.3) is 5.91 Å². The van der Waals surface area contributed by atoms with Crippen LogP contribution in [-0.4, -0.2) is 12.5 Å². The molecular weight excluding hydrogens is 267 g/mol. The molecule has 0 atom stereocenters. The first-order valence-corrected chi connectivity index (χ1v) is 6.94. The van der Waals surface area contributed by atoms with Gasteiger partial charge in [0.15, 0.2) is 0 Å². The Labute approximate surface area is 124 Å². The smallest absolute Gasteiger partial charge is 0.257 e. The summed E-state index contributed by atoms with van der Waals surface area (Å²) in [6.07, 6.45) is 0. The van der Waals surface area contributed by atoms with Crippen molar-refractivity contribution in [1.82, 2.24) is 0 Å². The standard InChI is InChI=1S/C17H19FN2O/c1-4-19-16-10-11(2)8-9-13(16)17(21)20-15-7-5-6-14(18)12(15)3/h5-10,19H,4H2,1-3H3,(H,20,21). The average Bonchev–Trinajstić information content (AvgIpc) is 2.44. The highest BCUT2D eigenvalue weighted by Gasteiger charge is 2.13. The van der Waals surface area contributed by atoms with Gasteiger partial charge in [-0.25, -0.2) is 4.39 Å². The van der Waals surface area contributed by atoms with E-state index in [1.165, 1.54) is 6.07 Å². The third kappa shape index (κ3) is 3.40. The van der Waals surface area contributed by atoms with E-state index in [0.29, 0.717) is 16.8 Å². The van der Waals surface area contributed by atoms with Crippen molar-refractivity contribution in [3.05, 3.63) is 58.9 Å². The molecule has 3 nitrogen and oxygen atoms in total. The Morgan fingerprint density at radius 1 is 1.14 bits per heavy atom. The Morgan fingerprint density at radius 2 is 1.90 bits per heavy atom. The number of nitrogens with one attached hydrogen (secondary N) is 2. The molecule has 0 aliphatic heterocycles. The fourth-order valence-corrected chi connectivity index (χ4v) is 2.13. The van der Waals surface area contributed by atoms with Crippen molar-refractivity contribution in [2.24, 2.45) is 0 Å². The first-order chi connectivity index (χ1) is 10.0. The monoisotopic (exact) mass is 286 g/mol. The van der Waals surface area contributed by atoms with Crippen molar-refractivity contribution in [1.29, 1.82) is 0 Å². The summed E-state index contributed by atoms with van der Waals surface area (Å²) in [5, 5.41) is 5.94. The number of hydrogen-bond donors (Lipinski definition) is 2. The van der Waals surface area contributed by atoms with Gasteiger partial charge < -0.3 is 10.6 Å². The van der Waals surface area contributed by atoms with E-state index in [-0.39, 0.29) is 11.7 Å². The molecule has 2 rings (SSSR count).